The van der Waals surface area contributed by atoms with E-state index in [-0.39, 0.29) is 5.56 Å². The van der Waals surface area contributed by atoms with E-state index in [9.17, 15) is 4.79 Å². The lowest BCUT2D eigenvalue weighted by Gasteiger charge is -2.07. The van der Waals surface area contributed by atoms with E-state index in [1.807, 2.05) is 29.5 Å². The molecule has 2 heterocycles. The Kier molecular flexibility index (Phi) is 4.86. The van der Waals surface area contributed by atoms with Gasteiger partial charge in [-0.15, -0.1) is 5.10 Å². The molecule has 8 heteroatoms. The Hall–Kier alpha value is -1.03. The number of halogens is 1. The topological polar surface area (TPSA) is 72.7 Å². The summed E-state index contributed by atoms with van der Waals surface area (Å²) in [5.74, 6) is 0. The molecule has 0 bridgehead atoms. The molecule has 2 aromatic heterocycles. The van der Waals surface area contributed by atoms with Crippen molar-refractivity contribution in [2.24, 2.45) is 0 Å². The molecule has 0 aliphatic carbocycles. The maximum Gasteiger partial charge on any atom is 0.267 e. The van der Waals surface area contributed by atoms with Crippen molar-refractivity contribution in [1.29, 1.82) is 0 Å². The molecule has 0 saturated heterocycles. The number of hydrogen-bond donors (Lipinski definition) is 1. The lowest BCUT2D eigenvalue weighted by Crippen LogP contribution is -2.25. The lowest BCUT2D eigenvalue weighted by molar-refractivity contribution is 0.705. The van der Waals surface area contributed by atoms with Gasteiger partial charge in [-0.1, -0.05) is 11.4 Å². The van der Waals surface area contributed by atoms with Crippen molar-refractivity contribution >= 4 is 39.1 Å². The first kappa shape index (κ1) is 14.4. The Bertz CT molecular complexity index is 624. The van der Waals surface area contributed by atoms with Gasteiger partial charge in [0.15, 0.2) is 0 Å². The van der Waals surface area contributed by atoms with Crippen LogP contribution in [0.4, 0.5) is 5.00 Å². The number of nitrogens with one attached hydrogen (secondary N) is 1. The largest absolute Gasteiger partial charge is 0.374 e. The standard InChI is InChI=1S/C11H14IN5OS/c1-3-4-13-10-8(15-16-19-10)5-17-6-14-7(2)9(12)11(17)18/h6,13H,3-5H2,1-2H3. The third kappa shape index (κ3) is 3.30. The molecule has 102 valence electrons. The number of nitrogens with zero attached hydrogens (tertiary/aromatic N) is 4. The predicted octanol–water partition coefficient (Wildman–Crippen LogP) is 1.88. The summed E-state index contributed by atoms with van der Waals surface area (Å²) in [7, 11) is 0. The average Bonchev–Trinajstić information content (AvgIpc) is 2.84. The Balaban J connectivity index is 2.25. The second kappa shape index (κ2) is 6.42. The van der Waals surface area contributed by atoms with Crippen LogP contribution in [-0.4, -0.2) is 25.7 Å². The second-order valence-corrected chi connectivity index (χ2v) is 5.89. The van der Waals surface area contributed by atoms with Crippen LogP contribution in [-0.2, 0) is 6.54 Å². The molecule has 0 spiro atoms. The maximum atomic E-state index is 12.1. The van der Waals surface area contributed by atoms with E-state index in [0.717, 1.165) is 29.4 Å². The van der Waals surface area contributed by atoms with Gasteiger partial charge < -0.3 is 5.32 Å². The van der Waals surface area contributed by atoms with Crippen molar-refractivity contribution in [3.05, 3.63) is 31.6 Å². The van der Waals surface area contributed by atoms with Crippen LogP contribution in [0, 0.1) is 10.5 Å². The molecule has 2 aromatic rings. The SMILES string of the molecule is CCCNc1snnc1Cn1cnc(C)c(I)c1=O. The summed E-state index contributed by atoms with van der Waals surface area (Å²) < 4.78 is 6.14. The number of rotatable bonds is 5. The first-order valence-corrected chi connectivity index (χ1v) is 7.75. The van der Waals surface area contributed by atoms with Crippen molar-refractivity contribution in [3.8, 4) is 0 Å². The molecule has 0 radical (unpaired) electrons. The normalized spacial score (nSPS) is 10.7. The van der Waals surface area contributed by atoms with Gasteiger partial charge in [-0.25, -0.2) is 4.98 Å². The fourth-order valence-electron chi connectivity index (χ4n) is 1.51. The van der Waals surface area contributed by atoms with E-state index in [1.54, 1.807) is 10.9 Å². The van der Waals surface area contributed by atoms with E-state index in [1.165, 1.54) is 11.5 Å². The fourth-order valence-corrected chi connectivity index (χ4v) is 2.55. The number of aromatic nitrogens is 4. The molecule has 0 saturated carbocycles. The highest BCUT2D eigenvalue weighted by Gasteiger charge is 2.11. The molecule has 0 atom stereocenters. The minimum atomic E-state index is -0.0393. The third-order valence-corrected chi connectivity index (χ3v) is 4.54. The molecular formula is C11H14IN5OS. The molecule has 2 rings (SSSR count). The van der Waals surface area contributed by atoms with Gasteiger partial charge in [0.25, 0.3) is 5.56 Å². The van der Waals surface area contributed by atoms with Gasteiger partial charge in [-0.2, -0.15) is 0 Å². The average molecular weight is 391 g/mol. The lowest BCUT2D eigenvalue weighted by atomic mass is 10.4. The van der Waals surface area contributed by atoms with Crippen LogP contribution in [0.5, 0.6) is 0 Å². The van der Waals surface area contributed by atoms with Crippen LogP contribution in [0.1, 0.15) is 24.7 Å². The Morgan fingerprint density at radius 2 is 2.32 bits per heavy atom. The molecule has 6 nitrogen and oxygen atoms in total. The summed E-state index contributed by atoms with van der Waals surface area (Å²) >= 11 is 3.33. The summed E-state index contributed by atoms with van der Waals surface area (Å²) in [6, 6.07) is 0. The molecule has 0 amide bonds. The number of aryl methyl sites for hydroxylation is 1. The van der Waals surface area contributed by atoms with E-state index in [2.05, 4.69) is 26.8 Å². The first-order valence-electron chi connectivity index (χ1n) is 5.90. The smallest absolute Gasteiger partial charge is 0.267 e. The van der Waals surface area contributed by atoms with E-state index in [0.29, 0.717) is 10.1 Å². The van der Waals surface area contributed by atoms with E-state index in [4.69, 9.17) is 0 Å². The highest BCUT2D eigenvalue weighted by Crippen LogP contribution is 2.18. The maximum absolute atomic E-state index is 12.1. The van der Waals surface area contributed by atoms with Gasteiger partial charge in [0, 0.05) is 18.1 Å². The summed E-state index contributed by atoms with van der Waals surface area (Å²) in [4.78, 5) is 16.3. The number of anilines is 1. The van der Waals surface area contributed by atoms with Crippen LogP contribution < -0.4 is 10.9 Å². The Labute approximate surface area is 128 Å². The van der Waals surface area contributed by atoms with E-state index < -0.39 is 0 Å². The quantitative estimate of drug-likeness (QED) is 0.789. The molecule has 0 aliphatic heterocycles. The van der Waals surface area contributed by atoms with Crippen molar-refractivity contribution in [2.45, 2.75) is 26.8 Å². The van der Waals surface area contributed by atoms with Crippen molar-refractivity contribution < 1.29 is 0 Å². The molecule has 1 N–H and O–H groups in total. The molecule has 0 aliphatic rings. The summed E-state index contributed by atoms with van der Waals surface area (Å²) in [5, 5.41) is 8.26. The summed E-state index contributed by atoms with van der Waals surface area (Å²) in [6.45, 7) is 5.18. The molecular weight excluding hydrogens is 377 g/mol. The minimum Gasteiger partial charge on any atom is -0.374 e. The van der Waals surface area contributed by atoms with Gasteiger partial charge in [-0.3, -0.25) is 9.36 Å². The van der Waals surface area contributed by atoms with Gasteiger partial charge in [0.1, 0.15) is 10.7 Å². The van der Waals surface area contributed by atoms with Crippen LogP contribution in [0.15, 0.2) is 11.1 Å². The minimum absolute atomic E-state index is 0.0393. The summed E-state index contributed by atoms with van der Waals surface area (Å²) in [6.07, 6.45) is 2.59. The van der Waals surface area contributed by atoms with Crippen molar-refractivity contribution in [2.75, 3.05) is 11.9 Å². The first-order chi connectivity index (χ1) is 9.13. The highest BCUT2D eigenvalue weighted by atomic mass is 127. The Morgan fingerprint density at radius 1 is 1.53 bits per heavy atom. The summed E-state index contributed by atoms with van der Waals surface area (Å²) in [5.41, 5.74) is 1.49. The van der Waals surface area contributed by atoms with Gasteiger partial charge in [0.2, 0.25) is 0 Å². The highest BCUT2D eigenvalue weighted by molar-refractivity contribution is 14.1. The van der Waals surface area contributed by atoms with Crippen LogP contribution in [0.3, 0.4) is 0 Å². The van der Waals surface area contributed by atoms with Gasteiger partial charge in [-0.05, 0) is 35.9 Å². The predicted molar refractivity (Wildman–Crippen MR) is 83.7 cm³/mol. The third-order valence-electron chi connectivity index (χ3n) is 2.57. The van der Waals surface area contributed by atoms with Gasteiger partial charge >= 0.3 is 0 Å². The molecule has 19 heavy (non-hydrogen) atoms. The van der Waals surface area contributed by atoms with Crippen LogP contribution in [0.2, 0.25) is 0 Å². The van der Waals surface area contributed by atoms with Crippen LogP contribution in [0.25, 0.3) is 0 Å². The zero-order valence-corrected chi connectivity index (χ0v) is 13.7. The fraction of sp³-hybridized carbons (Fsp3) is 0.455. The molecule has 0 fully saturated rings. The van der Waals surface area contributed by atoms with E-state index >= 15 is 0 Å². The number of hydrogen-bond acceptors (Lipinski definition) is 6. The van der Waals surface area contributed by atoms with Crippen molar-refractivity contribution in [1.82, 2.24) is 19.1 Å². The molecule has 0 aromatic carbocycles. The zero-order valence-electron chi connectivity index (χ0n) is 10.7. The van der Waals surface area contributed by atoms with Crippen LogP contribution >= 0.6 is 34.1 Å². The van der Waals surface area contributed by atoms with Gasteiger partial charge in [0.05, 0.1) is 22.1 Å². The Morgan fingerprint density at radius 3 is 3.05 bits per heavy atom. The molecule has 0 unspecified atom stereocenters. The zero-order chi connectivity index (χ0) is 13.8. The van der Waals surface area contributed by atoms with Crippen molar-refractivity contribution in [3.63, 3.8) is 0 Å². The monoisotopic (exact) mass is 391 g/mol. The second-order valence-electron chi connectivity index (χ2n) is 4.05.